The second-order valence-corrected chi connectivity index (χ2v) is 9.08. The Morgan fingerprint density at radius 1 is 0.731 bits per heavy atom. The van der Waals surface area contributed by atoms with E-state index in [0.717, 1.165) is 51.4 Å². The van der Waals surface area contributed by atoms with Gasteiger partial charge >= 0.3 is 29.6 Å². The van der Waals surface area contributed by atoms with E-state index < -0.39 is 15.4 Å². The number of hydrogen-bond acceptors (Lipinski definition) is 4. The van der Waals surface area contributed by atoms with Crippen LogP contribution in [0.25, 0.3) is 0 Å². The molecule has 0 aliphatic heterocycles. The maximum atomic E-state index is 11.4. The molecule has 4 nitrogen and oxygen atoms in total. The molecule has 0 saturated heterocycles. The fraction of sp³-hybridized carbons (Fsp3) is 1.00. The Bertz CT molecular complexity index is 387. The van der Waals surface area contributed by atoms with E-state index in [9.17, 15) is 18.1 Å². The van der Waals surface area contributed by atoms with Crippen LogP contribution >= 0.6 is 0 Å². The predicted molar refractivity (Wildman–Crippen MR) is 105 cm³/mol. The van der Waals surface area contributed by atoms with Crippen LogP contribution in [0.15, 0.2) is 0 Å². The van der Waals surface area contributed by atoms with Gasteiger partial charge in [0.15, 0.2) is 0 Å². The molecule has 0 aromatic heterocycles. The molecule has 0 radical (unpaired) electrons. The summed E-state index contributed by atoms with van der Waals surface area (Å²) in [5, 5.41) is 8.78. The third-order valence-electron chi connectivity index (χ3n) is 5.07. The Kier molecular flexibility index (Phi) is 21.5. The third kappa shape index (κ3) is 18.2. The van der Waals surface area contributed by atoms with Gasteiger partial charge in [-0.1, -0.05) is 90.9 Å². The van der Waals surface area contributed by atoms with E-state index >= 15 is 0 Å². The van der Waals surface area contributed by atoms with E-state index in [1.165, 1.54) is 38.5 Å². The maximum absolute atomic E-state index is 11.4. The van der Waals surface area contributed by atoms with E-state index in [0.29, 0.717) is 12.8 Å². The average molecular weight is 401 g/mol. The number of hydrogen-bond donors (Lipinski definition) is 1. The normalized spacial score (nSPS) is 14.0. The quantitative estimate of drug-likeness (QED) is 0.218. The van der Waals surface area contributed by atoms with Gasteiger partial charge in [0, 0.05) is 5.25 Å². The van der Waals surface area contributed by atoms with Gasteiger partial charge in [-0.05, 0) is 25.7 Å². The van der Waals surface area contributed by atoms with Crippen molar-refractivity contribution in [2.45, 2.75) is 128 Å². The summed E-state index contributed by atoms with van der Waals surface area (Å²) in [5.74, 6) is 0. The first-order valence-corrected chi connectivity index (χ1v) is 12.0. The fourth-order valence-electron chi connectivity index (χ4n) is 3.25. The zero-order valence-electron chi connectivity index (χ0n) is 17.5. The Hall–Kier alpha value is 0.870. The summed E-state index contributed by atoms with van der Waals surface area (Å²) < 4.78 is 34.3. The summed E-state index contributed by atoms with van der Waals surface area (Å²) in [5.41, 5.74) is 0. The van der Waals surface area contributed by atoms with Crippen molar-refractivity contribution in [1.82, 2.24) is 0 Å². The molecular weight excluding hydrogens is 359 g/mol. The van der Waals surface area contributed by atoms with Crippen LogP contribution in [-0.4, -0.2) is 29.4 Å². The summed E-state index contributed by atoms with van der Waals surface area (Å²) in [7, 11) is -4.18. The van der Waals surface area contributed by atoms with Gasteiger partial charge in [0.25, 0.3) is 0 Å². The molecule has 0 aliphatic carbocycles. The SMILES string of the molecule is CCCCCCCCCCCC(CCCCCC(O)CC)S(=O)(=O)[O-].[Na+]. The predicted octanol–water partition coefficient (Wildman–Crippen LogP) is 2.55. The molecule has 2 atom stereocenters. The average Bonchev–Trinajstić information content (AvgIpc) is 2.56. The molecule has 0 fully saturated rings. The van der Waals surface area contributed by atoms with Gasteiger partial charge in [0.05, 0.1) is 16.2 Å². The van der Waals surface area contributed by atoms with E-state index in [1.54, 1.807) is 0 Å². The summed E-state index contributed by atoms with van der Waals surface area (Å²) >= 11 is 0. The van der Waals surface area contributed by atoms with Crippen molar-refractivity contribution in [2.75, 3.05) is 0 Å². The van der Waals surface area contributed by atoms with Crippen LogP contribution in [0.5, 0.6) is 0 Å². The summed E-state index contributed by atoms with van der Waals surface area (Å²) in [6, 6.07) is 0. The van der Waals surface area contributed by atoms with Gasteiger partial charge in [-0.25, -0.2) is 8.42 Å². The molecule has 0 spiro atoms. The largest absolute Gasteiger partial charge is 1.00 e. The van der Waals surface area contributed by atoms with E-state index in [1.807, 2.05) is 6.92 Å². The van der Waals surface area contributed by atoms with Crippen LogP contribution in [0.2, 0.25) is 0 Å². The molecule has 0 rings (SSSR count). The van der Waals surface area contributed by atoms with Gasteiger partial charge in [-0.2, -0.15) is 0 Å². The number of rotatable bonds is 18. The Balaban J connectivity index is 0. The molecule has 1 N–H and O–H groups in total. The second-order valence-electron chi connectivity index (χ2n) is 7.43. The first-order chi connectivity index (χ1) is 11.9. The molecule has 0 aliphatic rings. The van der Waals surface area contributed by atoms with E-state index in [-0.39, 0.29) is 35.7 Å². The van der Waals surface area contributed by atoms with Crippen LogP contribution in [0.3, 0.4) is 0 Å². The molecule has 0 amide bonds. The number of aliphatic hydroxyl groups excluding tert-OH is 1. The molecule has 0 aromatic rings. The Morgan fingerprint density at radius 3 is 1.54 bits per heavy atom. The Labute approximate surface area is 185 Å². The van der Waals surface area contributed by atoms with Crippen molar-refractivity contribution in [1.29, 1.82) is 0 Å². The minimum absolute atomic E-state index is 0. The van der Waals surface area contributed by atoms with Crippen molar-refractivity contribution in [2.24, 2.45) is 0 Å². The molecule has 0 heterocycles. The molecule has 152 valence electrons. The van der Waals surface area contributed by atoms with Gasteiger partial charge < -0.3 is 9.66 Å². The van der Waals surface area contributed by atoms with Gasteiger partial charge in [-0.15, -0.1) is 0 Å². The maximum Gasteiger partial charge on any atom is 1.00 e. The van der Waals surface area contributed by atoms with E-state index in [2.05, 4.69) is 6.92 Å². The van der Waals surface area contributed by atoms with Gasteiger partial charge in [-0.3, -0.25) is 0 Å². The first kappa shape index (κ1) is 29.1. The molecule has 0 bridgehead atoms. The fourth-order valence-corrected chi connectivity index (χ4v) is 4.16. The molecule has 0 aromatic carbocycles. The van der Waals surface area contributed by atoms with Crippen molar-refractivity contribution >= 4 is 10.1 Å². The summed E-state index contributed by atoms with van der Waals surface area (Å²) in [6.45, 7) is 4.17. The molecular formula is C20H41NaO4S. The molecule has 26 heavy (non-hydrogen) atoms. The number of aliphatic hydroxyl groups is 1. The van der Waals surface area contributed by atoms with Crippen LogP contribution in [-0.2, 0) is 10.1 Å². The standard InChI is InChI=1S/C20H42O4S.Na/c1-3-5-6-7-8-9-10-11-14-17-20(25(22,23)24)18-15-12-13-16-19(21)4-2;/h19-21H,3-18H2,1-2H3,(H,22,23,24);/q;+1/p-1. The first-order valence-electron chi connectivity index (χ1n) is 10.5. The third-order valence-corrected chi connectivity index (χ3v) is 6.36. The smallest absolute Gasteiger partial charge is 0.748 e. The van der Waals surface area contributed by atoms with Crippen molar-refractivity contribution in [3.8, 4) is 0 Å². The minimum Gasteiger partial charge on any atom is -0.748 e. The summed E-state index contributed by atoms with van der Waals surface area (Å²) in [4.78, 5) is 0. The Morgan fingerprint density at radius 2 is 1.12 bits per heavy atom. The second kappa shape index (κ2) is 19.2. The van der Waals surface area contributed by atoms with Crippen molar-refractivity contribution in [3.05, 3.63) is 0 Å². The van der Waals surface area contributed by atoms with Crippen LogP contribution < -0.4 is 29.6 Å². The summed E-state index contributed by atoms with van der Waals surface area (Å²) in [6.07, 6.45) is 15.5. The van der Waals surface area contributed by atoms with Crippen LogP contribution in [0.4, 0.5) is 0 Å². The minimum atomic E-state index is -4.18. The molecule has 2 unspecified atom stereocenters. The van der Waals surface area contributed by atoms with Crippen molar-refractivity contribution < 1.29 is 47.6 Å². The van der Waals surface area contributed by atoms with Crippen LogP contribution in [0, 0.1) is 0 Å². The molecule has 0 saturated carbocycles. The zero-order chi connectivity index (χ0) is 19.0. The molecule has 6 heteroatoms. The van der Waals surface area contributed by atoms with Gasteiger partial charge in [0.1, 0.15) is 0 Å². The van der Waals surface area contributed by atoms with Crippen molar-refractivity contribution in [3.63, 3.8) is 0 Å². The number of unbranched alkanes of at least 4 members (excludes halogenated alkanes) is 10. The van der Waals surface area contributed by atoms with Gasteiger partial charge in [0.2, 0.25) is 0 Å². The van der Waals surface area contributed by atoms with Crippen LogP contribution in [0.1, 0.15) is 117 Å². The topological polar surface area (TPSA) is 77.4 Å². The zero-order valence-corrected chi connectivity index (χ0v) is 20.4. The van der Waals surface area contributed by atoms with E-state index in [4.69, 9.17) is 0 Å². The monoisotopic (exact) mass is 400 g/mol.